The Labute approximate surface area is 132 Å². The number of ether oxygens (including phenoxy) is 1. The summed E-state index contributed by atoms with van der Waals surface area (Å²) in [5, 5.41) is 9.90. The lowest BCUT2D eigenvalue weighted by Gasteiger charge is -2.23. The number of carboxylic acids is 1. The predicted octanol–water partition coefficient (Wildman–Crippen LogP) is 2.69. The number of benzene rings is 1. The van der Waals surface area contributed by atoms with E-state index in [1.165, 1.54) is 4.90 Å². The minimum Gasteiger partial charge on any atom is -0.484 e. The van der Waals surface area contributed by atoms with E-state index in [1.54, 1.807) is 25.1 Å². The highest BCUT2D eigenvalue weighted by molar-refractivity contribution is 6.34. The number of hydrogen-bond donors (Lipinski definition) is 1. The predicted molar refractivity (Wildman–Crippen MR) is 78.9 cm³/mol. The van der Waals surface area contributed by atoms with Gasteiger partial charge in [0.2, 0.25) is 0 Å². The molecule has 1 aromatic rings. The zero-order valence-electron chi connectivity index (χ0n) is 11.4. The molecule has 0 saturated carbocycles. The lowest BCUT2D eigenvalue weighted by molar-refractivity contribution is -0.143. The first kappa shape index (κ1) is 15.9. The van der Waals surface area contributed by atoms with Gasteiger partial charge in [-0.3, -0.25) is 9.59 Å². The van der Waals surface area contributed by atoms with E-state index >= 15 is 0 Å². The molecule has 2 atom stereocenters. The van der Waals surface area contributed by atoms with Gasteiger partial charge >= 0.3 is 5.97 Å². The van der Waals surface area contributed by atoms with Crippen LogP contribution in [-0.2, 0) is 9.59 Å². The molecule has 114 valence electrons. The SMILES string of the molecule is CC1C(C(=O)O)CCN1C(=O)COc1cc(Cl)cc(Cl)c1. The quantitative estimate of drug-likeness (QED) is 0.921. The fourth-order valence-electron chi connectivity index (χ4n) is 2.46. The average Bonchev–Trinajstić information content (AvgIpc) is 2.77. The van der Waals surface area contributed by atoms with Crippen molar-refractivity contribution in [2.45, 2.75) is 19.4 Å². The minimum absolute atomic E-state index is 0.173. The summed E-state index contributed by atoms with van der Waals surface area (Å²) in [6.45, 7) is 1.99. The van der Waals surface area contributed by atoms with Crippen molar-refractivity contribution in [2.24, 2.45) is 5.92 Å². The van der Waals surface area contributed by atoms with E-state index in [4.69, 9.17) is 33.0 Å². The van der Waals surface area contributed by atoms with Crippen molar-refractivity contribution in [1.82, 2.24) is 4.90 Å². The number of hydrogen-bond acceptors (Lipinski definition) is 3. The zero-order valence-corrected chi connectivity index (χ0v) is 12.9. The van der Waals surface area contributed by atoms with Gasteiger partial charge in [0, 0.05) is 22.6 Å². The fourth-order valence-corrected chi connectivity index (χ4v) is 2.97. The Hall–Kier alpha value is -1.46. The second-order valence-corrected chi connectivity index (χ2v) is 5.83. The molecule has 21 heavy (non-hydrogen) atoms. The van der Waals surface area contributed by atoms with Gasteiger partial charge in [0.1, 0.15) is 5.75 Å². The summed E-state index contributed by atoms with van der Waals surface area (Å²) in [5.41, 5.74) is 0. The third-order valence-electron chi connectivity index (χ3n) is 3.59. The van der Waals surface area contributed by atoms with Crippen LogP contribution in [0.2, 0.25) is 10.0 Å². The van der Waals surface area contributed by atoms with Crippen LogP contribution in [0, 0.1) is 5.92 Å². The number of carbonyl (C=O) groups is 2. The van der Waals surface area contributed by atoms with E-state index in [0.29, 0.717) is 28.8 Å². The molecule has 2 rings (SSSR count). The average molecular weight is 332 g/mol. The Morgan fingerprint density at radius 3 is 2.48 bits per heavy atom. The van der Waals surface area contributed by atoms with Gasteiger partial charge in [0.15, 0.2) is 6.61 Å². The van der Waals surface area contributed by atoms with Gasteiger partial charge in [-0.2, -0.15) is 0 Å². The van der Waals surface area contributed by atoms with Gasteiger partial charge in [-0.05, 0) is 31.5 Å². The van der Waals surface area contributed by atoms with Crippen molar-refractivity contribution in [3.05, 3.63) is 28.2 Å². The van der Waals surface area contributed by atoms with E-state index in [-0.39, 0.29) is 18.6 Å². The molecule has 1 heterocycles. The zero-order chi connectivity index (χ0) is 15.6. The van der Waals surface area contributed by atoms with Crippen LogP contribution >= 0.6 is 23.2 Å². The summed E-state index contributed by atoms with van der Waals surface area (Å²) < 4.78 is 5.38. The maximum Gasteiger partial charge on any atom is 0.308 e. The number of likely N-dealkylation sites (tertiary alicyclic amines) is 1. The molecule has 1 aliphatic heterocycles. The number of carboxylic acid groups (broad SMARTS) is 1. The number of halogens is 2. The first-order valence-electron chi connectivity index (χ1n) is 6.49. The third-order valence-corrected chi connectivity index (χ3v) is 4.03. The van der Waals surface area contributed by atoms with Crippen molar-refractivity contribution in [3.63, 3.8) is 0 Å². The van der Waals surface area contributed by atoms with E-state index in [9.17, 15) is 9.59 Å². The minimum atomic E-state index is -0.875. The molecule has 5 nitrogen and oxygen atoms in total. The first-order chi connectivity index (χ1) is 9.88. The molecule has 0 radical (unpaired) electrons. The van der Waals surface area contributed by atoms with Gasteiger partial charge in [0.05, 0.1) is 5.92 Å². The summed E-state index contributed by atoms with van der Waals surface area (Å²) in [6, 6.07) is 4.36. The molecule has 7 heteroatoms. The van der Waals surface area contributed by atoms with Crippen molar-refractivity contribution in [2.75, 3.05) is 13.2 Å². The van der Waals surface area contributed by atoms with Crippen molar-refractivity contribution in [3.8, 4) is 5.75 Å². The lowest BCUT2D eigenvalue weighted by Crippen LogP contribution is -2.40. The Bertz CT molecular complexity index is 544. The molecule has 1 amide bonds. The van der Waals surface area contributed by atoms with Gasteiger partial charge in [-0.25, -0.2) is 0 Å². The Balaban J connectivity index is 1.95. The lowest BCUT2D eigenvalue weighted by atomic mass is 10.0. The molecule has 1 aliphatic rings. The molecule has 1 saturated heterocycles. The van der Waals surface area contributed by atoms with Crippen LogP contribution in [-0.4, -0.2) is 41.1 Å². The van der Waals surface area contributed by atoms with Crippen LogP contribution in [0.5, 0.6) is 5.75 Å². The summed E-state index contributed by atoms with van der Waals surface area (Å²) in [4.78, 5) is 24.7. The standard InChI is InChI=1S/C14H15Cl2NO4/c1-8-12(14(19)20)2-3-17(8)13(18)7-21-11-5-9(15)4-10(16)6-11/h4-6,8,12H,2-3,7H2,1H3,(H,19,20). The van der Waals surface area contributed by atoms with E-state index in [1.807, 2.05) is 0 Å². The van der Waals surface area contributed by atoms with Crippen LogP contribution < -0.4 is 4.74 Å². The van der Waals surface area contributed by atoms with E-state index in [2.05, 4.69) is 0 Å². The van der Waals surface area contributed by atoms with Gasteiger partial charge < -0.3 is 14.7 Å². The Kier molecular flexibility index (Phi) is 4.96. The van der Waals surface area contributed by atoms with Crippen LogP contribution in [0.15, 0.2) is 18.2 Å². The van der Waals surface area contributed by atoms with Gasteiger partial charge in [-0.15, -0.1) is 0 Å². The topological polar surface area (TPSA) is 66.8 Å². The molecule has 1 N–H and O–H groups in total. The molecule has 0 bridgehead atoms. The van der Waals surface area contributed by atoms with Crippen LogP contribution in [0.25, 0.3) is 0 Å². The Morgan fingerprint density at radius 1 is 1.33 bits per heavy atom. The van der Waals surface area contributed by atoms with Crippen LogP contribution in [0.1, 0.15) is 13.3 Å². The summed E-state index contributed by atoms with van der Waals surface area (Å²) in [6.07, 6.45) is 0.464. The molecule has 0 aromatic heterocycles. The van der Waals surface area contributed by atoms with E-state index < -0.39 is 11.9 Å². The maximum atomic E-state index is 12.1. The highest BCUT2D eigenvalue weighted by atomic mass is 35.5. The smallest absolute Gasteiger partial charge is 0.308 e. The van der Waals surface area contributed by atoms with E-state index in [0.717, 1.165) is 0 Å². The first-order valence-corrected chi connectivity index (χ1v) is 7.25. The second kappa shape index (κ2) is 6.54. The second-order valence-electron chi connectivity index (χ2n) is 4.95. The maximum absolute atomic E-state index is 12.1. The summed E-state index contributed by atoms with van der Waals surface area (Å²) in [7, 11) is 0. The Morgan fingerprint density at radius 2 is 1.95 bits per heavy atom. The highest BCUT2D eigenvalue weighted by Crippen LogP contribution is 2.26. The van der Waals surface area contributed by atoms with Gasteiger partial charge in [-0.1, -0.05) is 23.2 Å². The molecule has 1 aromatic carbocycles. The highest BCUT2D eigenvalue weighted by Gasteiger charge is 2.38. The fraction of sp³-hybridized carbons (Fsp3) is 0.429. The van der Waals surface area contributed by atoms with Crippen molar-refractivity contribution >= 4 is 35.1 Å². The monoisotopic (exact) mass is 331 g/mol. The number of aliphatic carboxylic acids is 1. The molecule has 0 spiro atoms. The van der Waals surface area contributed by atoms with Gasteiger partial charge in [0.25, 0.3) is 5.91 Å². The molecular formula is C14H15Cl2NO4. The summed E-state index contributed by atoms with van der Waals surface area (Å²) >= 11 is 11.7. The number of amides is 1. The molecular weight excluding hydrogens is 317 g/mol. The molecule has 0 aliphatic carbocycles. The number of rotatable bonds is 4. The molecule has 2 unspecified atom stereocenters. The third kappa shape index (κ3) is 3.80. The largest absolute Gasteiger partial charge is 0.484 e. The summed E-state index contributed by atoms with van der Waals surface area (Å²) in [5.74, 6) is -1.24. The normalized spacial score (nSPS) is 21.4. The number of nitrogens with zero attached hydrogens (tertiary/aromatic N) is 1. The van der Waals surface area contributed by atoms with Crippen molar-refractivity contribution in [1.29, 1.82) is 0 Å². The number of carbonyl (C=O) groups excluding carboxylic acids is 1. The molecule has 1 fully saturated rings. The van der Waals surface area contributed by atoms with Crippen LogP contribution in [0.4, 0.5) is 0 Å². The van der Waals surface area contributed by atoms with Crippen molar-refractivity contribution < 1.29 is 19.4 Å². The van der Waals surface area contributed by atoms with Crippen LogP contribution in [0.3, 0.4) is 0 Å².